The van der Waals surface area contributed by atoms with E-state index in [1.165, 1.54) is 16.3 Å². The number of pyridine rings is 2. The number of fused-ring (bicyclic) bond motifs is 2. The summed E-state index contributed by atoms with van der Waals surface area (Å²) in [5, 5.41) is 2.50. The molecule has 0 aliphatic rings. The second kappa shape index (κ2) is 3.31. The topological polar surface area (TPSA) is 4.10 Å². The summed E-state index contributed by atoms with van der Waals surface area (Å²) in [5.74, 6) is 0. The summed E-state index contributed by atoms with van der Waals surface area (Å²) >= 11 is 3.66. The summed E-state index contributed by atoms with van der Waals surface area (Å²) in [6.45, 7) is 0. The molecule has 3 aromatic rings. The lowest BCUT2D eigenvalue weighted by Gasteiger charge is -1.99. The van der Waals surface area contributed by atoms with Crippen molar-refractivity contribution >= 4 is 32.2 Å². The molecule has 72 valence electrons. The first-order chi connectivity index (χ1) is 7.36. The van der Waals surface area contributed by atoms with Gasteiger partial charge in [-0.1, -0.05) is 18.2 Å². The fraction of sp³-hybridized carbons (Fsp3) is 0. The van der Waals surface area contributed by atoms with Crippen molar-refractivity contribution in [3.05, 3.63) is 59.3 Å². The van der Waals surface area contributed by atoms with Crippen molar-refractivity contribution in [2.45, 2.75) is 0 Å². The van der Waals surface area contributed by atoms with Gasteiger partial charge < -0.3 is 0 Å². The van der Waals surface area contributed by atoms with Gasteiger partial charge in [0.2, 0.25) is 5.52 Å². The maximum atomic E-state index is 3.66. The molecule has 1 nitrogen and oxygen atoms in total. The number of halogens is 1. The van der Waals surface area contributed by atoms with Gasteiger partial charge in [0.15, 0.2) is 12.4 Å². The largest absolute Gasteiger partial charge is 0.225 e. The van der Waals surface area contributed by atoms with Crippen molar-refractivity contribution in [2.24, 2.45) is 0 Å². The third kappa shape index (κ3) is 1.33. The van der Waals surface area contributed by atoms with E-state index in [2.05, 4.69) is 69.1 Å². The highest BCUT2D eigenvalue weighted by atomic mass is 79.9. The predicted octanol–water partition coefficient (Wildman–Crippen LogP) is 3.34. The quantitative estimate of drug-likeness (QED) is 0.430. The smallest absolute Gasteiger partial charge is 0.166 e. The van der Waals surface area contributed by atoms with Gasteiger partial charge in [-0.25, -0.2) is 0 Å². The molecule has 1 aromatic carbocycles. The summed E-state index contributed by atoms with van der Waals surface area (Å²) in [6, 6.07) is 14.6. The summed E-state index contributed by atoms with van der Waals surface area (Å²) in [6.07, 6.45) is 4.21. The Bertz CT molecular complexity index is 592. The van der Waals surface area contributed by atoms with E-state index in [4.69, 9.17) is 0 Å². The van der Waals surface area contributed by atoms with Crippen molar-refractivity contribution in [1.29, 1.82) is 0 Å². The lowest BCUT2D eigenvalue weighted by atomic mass is 10.1. The molecular formula is C13H9BrN+. The lowest BCUT2D eigenvalue weighted by Crippen LogP contribution is -2.20. The highest BCUT2D eigenvalue weighted by Gasteiger charge is 2.10. The number of hydrogen-bond acceptors (Lipinski definition) is 0. The van der Waals surface area contributed by atoms with Crippen LogP contribution in [0.4, 0.5) is 0 Å². The van der Waals surface area contributed by atoms with Gasteiger partial charge in [0.1, 0.15) is 0 Å². The molecule has 0 fully saturated rings. The minimum atomic E-state index is 1.15. The summed E-state index contributed by atoms with van der Waals surface area (Å²) in [4.78, 5) is 0. The first kappa shape index (κ1) is 8.86. The first-order valence-electron chi connectivity index (χ1n) is 4.83. The van der Waals surface area contributed by atoms with Crippen LogP contribution in [0, 0.1) is 0 Å². The van der Waals surface area contributed by atoms with Crippen LogP contribution in [0.25, 0.3) is 16.3 Å². The third-order valence-corrected chi connectivity index (χ3v) is 3.42. The van der Waals surface area contributed by atoms with Crippen LogP contribution in [0.15, 0.2) is 59.3 Å². The number of benzene rings is 1. The molecule has 0 N–H and O–H groups in total. The molecule has 3 rings (SSSR count). The number of rotatable bonds is 0. The SMILES string of the molecule is Brc1c2ccccc2c[n+]2ccccc12. The standard InChI is InChI=1S/C13H9BrN/c14-13-11-6-2-1-5-10(11)9-15-8-4-3-7-12(13)15/h1-9H/q+1. The van der Waals surface area contributed by atoms with E-state index in [0.717, 1.165) is 4.47 Å². The van der Waals surface area contributed by atoms with E-state index in [-0.39, 0.29) is 0 Å². The Hall–Kier alpha value is -1.41. The van der Waals surface area contributed by atoms with Crippen molar-refractivity contribution in [3.8, 4) is 0 Å². The Morgan fingerprint density at radius 1 is 0.933 bits per heavy atom. The van der Waals surface area contributed by atoms with Gasteiger partial charge >= 0.3 is 0 Å². The number of hydrogen-bond donors (Lipinski definition) is 0. The molecule has 0 unspecified atom stereocenters. The van der Waals surface area contributed by atoms with Crippen LogP contribution in [-0.4, -0.2) is 0 Å². The van der Waals surface area contributed by atoms with E-state index in [0.29, 0.717) is 0 Å². The maximum Gasteiger partial charge on any atom is 0.225 e. The van der Waals surface area contributed by atoms with Crippen molar-refractivity contribution in [2.75, 3.05) is 0 Å². The van der Waals surface area contributed by atoms with Crippen LogP contribution in [0.2, 0.25) is 0 Å². The molecule has 0 radical (unpaired) electrons. The van der Waals surface area contributed by atoms with Gasteiger partial charge in [0.05, 0.1) is 4.47 Å². The van der Waals surface area contributed by atoms with Crippen molar-refractivity contribution in [1.82, 2.24) is 0 Å². The van der Waals surface area contributed by atoms with Crippen LogP contribution in [0.1, 0.15) is 0 Å². The Balaban J connectivity index is 2.60. The second-order valence-corrected chi connectivity index (χ2v) is 4.32. The second-order valence-electron chi connectivity index (χ2n) is 3.52. The Kier molecular flexibility index (Phi) is 1.96. The molecule has 0 saturated heterocycles. The molecule has 15 heavy (non-hydrogen) atoms. The van der Waals surface area contributed by atoms with Crippen molar-refractivity contribution < 1.29 is 4.40 Å². The van der Waals surface area contributed by atoms with Crippen LogP contribution >= 0.6 is 15.9 Å². The fourth-order valence-corrected chi connectivity index (χ4v) is 2.55. The zero-order valence-electron chi connectivity index (χ0n) is 8.02. The van der Waals surface area contributed by atoms with Gasteiger partial charge in [-0.2, -0.15) is 4.40 Å². The molecule has 0 atom stereocenters. The maximum absolute atomic E-state index is 3.66. The molecule has 2 heteroatoms. The van der Waals surface area contributed by atoms with Crippen LogP contribution < -0.4 is 4.40 Å². The molecule has 0 saturated carbocycles. The molecular weight excluding hydrogens is 250 g/mol. The molecule has 0 bridgehead atoms. The summed E-state index contributed by atoms with van der Waals surface area (Å²) < 4.78 is 3.29. The van der Waals surface area contributed by atoms with E-state index in [1.54, 1.807) is 0 Å². The Morgan fingerprint density at radius 3 is 2.67 bits per heavy atom. The molecule has 0 amide bonds. The molecule has 2 heterocycles. The minimum absolute atomic E-state index is 1.15. The average Bonchev–Trinajstić information content (AvgIpc) is 2.30. The lowest BCUT2D eigenvalue weighted by molar-refractivity contribution is -0.510. The molecule has 0 aliphatic heterocycles. The van der Waals surface area contributed by atoms with Gasteiger partial charge in [-0.3, -0.25) is 0 Å². The normalized spacial score (nSPS) is 11.0. The van der Waals surface area contributed by atoms with Crippen LogP contribution in [0.5, 0.6) is 0 Å². The third-order valence-electron chi connectivity index (χ3n) is 2.59. The zero-order chi connectivity index (χ0) is 10.3. The van der Waals surface area contributed by atoms with E-state index >= 15 is 0 Å². The predicted molar refractivity (Wildman–Crippen MR) is 64.8 cm³/mol. The highest BCUT2D eigenvalue weighted by molar-refractivity contribution is 9.10. The minimum Gasteiger partial charge on any atom is -0.166 e. The molecule has 0 aliphatic carbocycles. The van der Waals surface area contributed by atoms with Gasteiger partial charge in [0, 0.05) is 22.9 Å². The average molecular weight is 259 g/mol. The molecule has 0 spiro atoms. The monoisotopic (exact) mass is 258 g/mol. The zero-order valence-corrected chi connectivity index (χ0v) is 9.61. The fourth-order valence-electron chi connectivity index (χ4n) is 1.85. The number of nitrogens with zero attached hydrogens (tertiary/aromatic N) is 1. The van der Waals surface area contributed by atoms with E-state index in [9.17, 15) is 0 Å². The van der Waals surface area contributed by atoms with Crippen LogP contribution in [0.3, 0.4) is 0 Å². The van der Waals surface area contributed by atoms with E-state index in [1.807, 2.05) is 6.07 Å². The number of aromatic nitrogens is 1. The Labute approximate surface area is 96.1 Å². The van der Waals surface area contributed by atoms with E-state index < -0.39 is 0 Å². The van der Waals surface area contributed by atoms with Crippen molar-refractivity contribution in [3.63, 3.8) is 0 Å². The summed E-state index contributed by atoms with van der Waals surface area (Å²) in [7, 11) is 0. The van der Waals surface area contributed by atoms with Gasteiger partial charge in [0.25, 0.3) is 0 Å². The van der Waals surface area contributed by atoms with Gasteiger partial charge in [-0.15, -0.1) is 0 Å². The molecule has 2 aromatic heterocycles. The van der Waals surface area contributed by atoms with Crippen LogP contribution in [-0.2, 0) is 0 Å². The summed E-state index contributed by atoms with van der Waals surface area (Å²) in [5.41, 5.74) is 1.19. The highest BCUT2D eigenvalue weighted by Crippen LogP contribution is 2.25. The first-order valence-corrected chi connectivity index (χ1v) is 5.63. The Morgan fingerprint density at radius 2 is 1.73 bits per heavy atom. The van der Waals surface area contributed by atoms with Gasteiger partial charge in [-0.05, 0) is 28.1 Å².